The molecule has 0 radical (unpaired) electrons. The Morgan fingerprint density at radius 2 is 1.96 bits per heavy atom. The monoisotopic (exact) mass is 406 g/mol. The van der Waals surface area contributed by atoms with E-state index in [1.165, 1.54) is 11.8 Å². The molecule has 0 aliphatic carbocycles. The van der Waals surface area contributed by atoms with Crippen LogP contribution >= 0.6 is 11.8 Å². The van der Waals surface area contributed by atoms with Crippen molar-refractivity contribution in [1.82, 2.24) is 15.5 Å². The van der Waals surface area contributed by atoms with Gasteiger partial charge < -0.3 is 19.8 Å². The van der Waals surface area contributed by atoms with Crippen LogP contribution in [0.2, 0.25) is 0 Å². The Bertz CT molecular complexity index is 801. The minimum atomic E-state index is -0.545. The summed E-state index contributed by atoms with van der Waals surface area (Å²) in [6.45, 7) is 7.74. The molecular weight excluding hydrogens is 380 g/mol. The van der Waals surface area contributed by atoms with Crippen molar-refractivity contribution in [1.29, 1.82) is 0 Å². The number of aryl methyl sites for hydroxylation is 1. The first kappa shape index (κ1) is 21.7. The van der Waals surface area contributed by atoms with Gasteiger partial charge in [-0.3, -0.25) is 4.79 Å². The van der Waals surface area contributed by atoms with Crippen LogP contribution in [0.15, 0.2) is 33.9 Å². The largest absolute Gasteiger partial charge is 0.444 e. The molecule has 0 atom stereocenters. The summed E-state index contributed by atoms with van der Waals surface area (Å²) in [5.41, 5.74) is 1.35. The van der Waals surface area contributed by atoms with Gasteiger partial charge in [-0.05, 0) is 38.8 Å². The van der Waals surface area contributed by atoms with Gasteiger partial charge in [0.2, 0.25) is 11.8 Å². The number of carbonyl (C=O) groups is 2. The lowest BCUT2D eigenvalue weighted by Gasteiger charge is -2.19. The predicted molar refractivity (Wildman–Crippen MR) is 107 cm³/mol. The molecule has 2 N–H and O–H groups in total. The molecule has 1 aromatic carbocycles. The van der Waals surface area contributed by atoms with Gasteiger partial charge in [0.15, 0.2) is 0 Å². The fraction of sp³-hybridized carbons (Fsp3) is 0.474. The molecule has 0 aliphatic heterocycles. The Morgan fingerprint density at radius 3 is 2.68 bits per heavy atom. The lowest BCUT2D eigenvalue weighted by Crippen LogP contribution is -2.33. The van der Waals surface area contributed by atoms with Gasteiger partial charge in [-0.25, -0.2) is 4.79 Å². The first-order valence-electron chi connectivity index (χ1n) is 9.06. The van der Waals surface area contributed by atoms with Crippen LogP contribution in [0.4, 0.5) is 10.5 Å². The second kappa shape index (κ2) is 10.1. The molecule has 2 amide bonds. The van der Waals surface area contributed by atoms with Gasteiger partial charge in [-0.2, -0.15) is 0 Å². The van der Waals surface area contributed by atoms with Crippen molar-refractivity contribution in [3.05, 3.63) is 35.7 Å². The van der Waals surface area contributed by atoms with E-state index in [0.29, 0.717) is 24.1 Å². The highest BCUT2D eigenvalue weighted by Crippen LogP contribution is 2.19. The Balaban J connectivity index is 1.74. The fourth-order valence-corrected chi connectivity index (χ4v) is 2.83. The highest BCUT2D eigenvalue weighted by molar-refractivity contribution is 7.99. The van der Waals surface area contributed by atoms with E-state index in [9.17, 15) is 9.59 Å². The number of carbonyl (C=O) groups excluding carboxylic acids is 2. The molecule has 2 aromatic rings. The third kappa shape index (κ3) is 7.59. The molecule has 0 fully saturated rings. The molecule has 0 saturated heterocycles. The van der Waals surface area contributed by atoms with Crippen LogP contribution in [-0.4, -0.2) is 40.1 Å². The van der Waals surface area contributed by atoms with Gasteiger partial charge >= 0.3 is 6.09 Å². The Kier molecular flexibility index (Phi) is 7.86. The molecule has 0 aliphatic rings. The standard InChI is InChI=1S/C19H26N4O4S/c1-5-13-8-6-7-9-14(13)21-15(24)12-28-18-23-22-16(26-18)10-11-20-17(25)27-19(2,3)4/h6-9H,5,10-12H2,1-4H3,(H,20,25)(H,21,24). The number of rotatable bonds is 8. The SMILES string of the molecule is CCc1ccccc1NC(=O)CSc1nnc(CCNC(=O)OC(C)(C)C)o1. The molecule has 0 bridgehead atoms. The van der Waals surface area contributed by atoms with Crippen LogP contribution in [0.3, 0.4) is 0 Å². The molecule has 0 unspecified atom stereocenters. The van der Waals surface area contributed by atoms with Gasteiger partial charge in [0.1, 0.15) is 5.60 Å². The molecule has 8 nitrogen and oxygen atoms in total. The lowest BCUT2D eigenvalue weighted by molar-refractivity contribution is -0.113. The summed E-state index contributed by atoms with van der Waals surface area (Å²) in [5.74, 6) is 0.406. The summed E-state index contributed by atoms with van der Waals surface area (Å²) >= 11 is 1.17. The summed E-state index contributed by atoms with van der Waals surface area (Å²) in [6, 6.07) is 7.70. The Labute approximate surface area is 168 Å². The minimum absolute atomic E-state index is 0.141. The average Bonchev–Trinajstić information content (AvgIpc) is 3.07. The highest BCUT2D eigenvalue weighted by Gasteiger charge is 2.16. The molecule has 152 valence electrons. The summed E-state index contributed by atoms with van der Waals surface area (Å²) in [5, 5.41) is 13.7. The van der Waals surface area contributed by atoms with Crippen molar-refractivity contribution < 1.29 is 18.7 Å². The third-order valence-electron chi connectivity index (χ3n) is 3.45. The maximum Gasteiger partial charge on any atom is 0.407 e. The molecule has 0 saturated carbocycles. The normalized spacial score (nSPS) is 11.1. The smallest absolute Gasteiger partial charge is 0.407 e. The maximum atomic E-state index is 12.1. The minimum Gasteiger partial charge on any atom is -0.444 e. The summed E-state index contributed by atoms with van der Waals surface area (Å²) in [6.07, 6.45) is 0.724. The van der Waals surface area contributed by atoms with Crippen LogP contribution in [0, 0.1) is 0 Å². The van der Waals surface area contributed by atoms with Crippen LogP contribution in [0.1, 0.15) is 39.1 Å². The van der Waals surface area contributed by atoms with Gasteiger partial charge in [-0.1, -0.05) is 36.9 Å². The van der Waals surface area contributed by atoms with Gasteiger partial charge in [0.25, 0.3) is 5.22 Å². The summed E-state index contributed by atoms with van der Waals surface area (Å²) < 4.78 is 10.6. The van der Waals surface area contributed by atoms with Crippen molar-refractivity contribution in [2.45, 2.75) is 51.4 Å². The molecule has 2 rings (SSSR count). The highest BCUT2D eigenvalue weighted by atomic mass is 32.2. The van der Waals surface area contributed by atoms with E-state index in [4.69, 9.17) is 9.15 Å². The van der Waals surface area contributed by atoms with Gasteiger partial charge in [0.05, 0.1) is 5.75 Å². The van der Waals surface area contributed by atoms with E-state index in [1.807, 2.05) is 31.2 Å². The predicted octanol–water partition coefficient (Wildman–Crippen LogP) is 3.43. The van der Waals surface area contributed by atoms with E-state index >= 15 is 0 Å². The second-order valence-electron chi connectivity index (χ2n) is 6.99. The van der Waals surface area contributed by atoms with E-state index in [1.54, 1.807) is 20.8 Å². The van der Waals surface area contributed by atoms with E-state index in [-0.39, 0.29) is 11.7 Å². The van der Waals surface area contributed by atoms with E-state index in [2.05, 4.69) is 20.8 Å². The van der Waals surface area contributed by atoms with Crippen molar-refractivity contribution in [3.63, 3.8) is 0 Å². The van der Waals surface area contributed by atoms with Crippen LogP contribution in [0.25, 0.3) is 0 Å². The number of nitrogens with zero attached hydrogens (tertiary/aromatic N) is 2. The maximum absolute atomic E-state index is 12.1. The van der Waals surface area contributed by atoms with Crippen LogP contribution in [-0.2, 0) is 22.4 Å². The third-order valence-corrected chi connectivity index (χ3v) is 4.27. The zero-order valence-corrected chi connectivity index (χ0v) is 17.4. The lowest BCUT2D eigenvalue weighted by atomic mass is 10.1. The first-order chi connectivity index (χ1) is 13.3. The zero-order valence-electron chi connectivity index (χ0n) is 16.6. The molecule has 0 spiro atoms. The number of nitrogens with one attached hydrogen (secondary N) is 2. The fourth-order valence-electron chi connectivity index (χ4n) is 2.25. The summed E-state index contributed by atoms with van der Waals surface area (Å²) in [7, 11) is 0. The number of alkyl carbamates (subject to hydrolysis) is 1. The molecule has 9 heteroatoms. The van der Waals surface area contributed by atoms with Crippen LogP contribution < -0.4 is 10.6 Å². The molecule has 1 heterocycles. The number of amides is 2. The second-order valence-corrected chi connectivity index (χ2v) is 7.91. The van der Waals surface area contributed by atoms with Crippen LogP contribution in [0.5, 0.6) is 0 Å². The number of anilines is 1. The number of hydrogen-bond donors (Lipinski definition) is 2. The number of aromatic nitrogens is 2. The van der Waals surface area contributed by atoms with Crippen molar-refractivity contribution in [2.75, 3.05) is 17.6 Å². The Morgan fingerprint density at radius 1 is 1.21 bits per heavy atom. The summed E-state index contributed by atoms with van der Waals surface area (Å²) in [4.78, 5) is 23.7. The number of hydrogen-bond acceptors (Lipinski definition) is 7. The average molecular weight is 407 g/mol. The van der Waals surface area contributed by atoms with E-state index < -0.39 is 11.7 Å². The van der Waals surface area contributed by atoms with Gasteiger partial charge in [0, 0.05) is 18.7 Å². The quantitative estimate of drug-likeness (QED) is 0.647. The Hall–Kier alpha value is -2.55. The number of thioether (sulfide) groups is 1. The first-order valence-corrected chi connectivity index (χ1v) is 10.0. The molecule has 28 heavy (non-hydrogen) atoms. The zero-order chi connectivity index (χ0) is 20.6. The number of para-hydroxylation sites is 1. The van der Waals surface area contributed by atoms with Crippen molar-refractivity contribution in [2.24, 2.45) is 0 Å². The molecular formula is C19H26N4O4S. The number of benzene rings is 1. The van der Waals surface area contributed by atoms with Gasteiger partial charge in [-0.15, -0.1) is 10.2 Å². The van der Waals surface area contributed by atoms with Crippen molar-refractivity contribution >= 4 is 29.4 Å². The van der Waals surface area contributed by atoms with E-state index in [0.717, 1.165) is 17.7 Å². The topological polar surface area (TPSA) is 106 Å². The number of ether oxygens (including phenoxy) is 1. The molecule has 1 aromatic heterocycles. The van der Waals surface area contributed by atoms with Crippen molar-refractivity contribution in [3.8, 4) is 0 Å².